The second-order valence-electron chi connectivity index (χ2n) is 5.90. The summed E-state index contributed by atoms with van der Waals surface area (Å²) in [4.78, 5) is 9.09. The minimum absolute atomic E-state index is 0.0175. The van der Waals surface area contributed by atoms with Crippen LogP contribution in [-0.4, -0.2) is 22.1 Å². The number of anilines is 1. The predicted molar refractivity (Wildman–Crippen MR) is 76.9 cm³/mol. The summed E-state index contributed by atoms with van der Waals surface area (Å²) in [6, 6.07) is 0. The Hall–Kier alpha value is -1.16. The summed E-state index contributed by atoms with van der Waals surface area (Å²) in [5.41, 5.74) is 2.09. The lowest BCUT2D eigenvalue weighted by Crippen LogP contribution is -2.28. The summed E-state index contributed by atoms with van der Waals surface area (Å²) in [5.74, 6) is 1.26. The molecule has 0 aromatic carbocycles. The molecule has 0 aliphatic heterocycles. The zero-order valence-electron chi connectivity index (χ0n) is 12.5. The van der Waals surface area contributed by atoms with E-state index >= 15 is 0 Å². The predicted octanol–water partition coefficient (Wildman–Crippen LogP) is 2.92. The number of aromatic nitrogens is 2. The van der Waals surface area contributed by atoms with Crippen LogP contribution in [0, 0.1) is 0 Å². The topological polar surface area (TPSA) is 49.8 Å². The first-order chi connectivity index (χ1) is 8.33. The average molecular weight is 250 g/mol. The maximum atomic E-state index is 4.66. The molecular weight excluding hydrogens is 224 g/mol. The van der Waals surface area contributed by atoms with Gasteiger partial charge in [0.15, 0.2) is 0 Å². The zero-order valence-corrected chi connectivity index (χ0v) is 12.5. The quantitative estimate of drug-likeness (QED) is 0.843. The van der Waals surface area contributed by atoms with Crippen LogP contribution in [0.3, 0.4) is 0 Å². The molecule has 0 unspecified atom stereocenters. The van der Waals surface area contributed by atoms with Crippen LogP contribution in [0.15, 0.2) is 6.20 Å². The Labute approximate surface area is 111 Å². The van der Waals surface area contributed by atoms with Crippen molar-refractivity contribution in [2.45, 2.75) is 59.5 Å². The van der Waals surface area contributed by atoms with E-state index in [-0.39, 0.29) is 5.54 Å². The van der Waals surface area contributed by atoms with E-state index < -0.39 is 0 Å². The number of hydrogen-bond donors (Lipinski definition) is 2. The number of nitrogens with one attached hydrogen (secondary N) is 2. The van der Waals surface area contributed by atoms with Gasteiger partial charge in [0.1, 0.15) is 5.82 Å². The second-order valence-corrected chi connectivity index (χ2v) is 5.90. The first-order valence-corrected chi connectivity index (χ1v) is 6.68. The van der Waals surface area contributed by atoms with Crippen LogP contribution in [0.2, 0.25) is 0 Å². The highest BCUT2D eigenvalue weighted by molar-refractivity contribution is 5.47. The molecule has 18 heavy (non-hydrogen) atoms. The molecule has 2 N–H and O–H groups in total. The molecule has 4 nitrogen and oxygen atoms in total. The highest BCUT2D eigenvalue weighted by Gasteiger charge is 2.15. The fourth-order valence-corrected chi connectivity index (χ4v) is 1.60. The van der Waals surface area contributed by atoms with Crippen LogP contribution in [-0.2, 0) is 6.54 Å². The normalized spacial score (nSPS) is 11.9. The summed E-state index contributed by atoms with van der Waals surface area (Å²) >= 11 is 0. The van der Waals surface area contributed by atoms with Crippen molar-refractivity contribution in [3.8, 4) is 0 Å². The smallest absolute Gasteiger partial charge is 0.131 e. The minimum atomic E-state index is 0.0175. The first kappa shape index (κ1) is 14.9. The Kier molecular flexibility index (Phi) is 5.08. The average Bonchev–Trinajstić information content (AvgIpc) is 2.25. The molecule has 0 saturated carbocycles. The van der Waals surface area contributed by atoms with Gasteiger partial charge in [-0.25, -0.2) is 9.97 Å². The van der Waals surface area contributed by atoms with Gasteiger partial charge >= 0.3 is 0 Å². The SMILES string of the molecule is CCNCc1nc(C(C)C)ncc1NC(C)(C)C. The molecular formula is C14H26N4. The van der Waals surface area contributed by atoms with Gasteiger partial charge in [0.05, 0.1) is 17.6 Å². The summed E-state index contributed by atoms with van der Waals surface area (Å²) < 4.78 is 0. The molecule has 1 rings (SSSR count). The fraction of sp³-hybridized carbons (Fsp3) is 0.714. The molecule has 0 aliphatic rings. The largest absolute Gasteiger partial charge is 0.378 e. The Bertz CT molecular complexity index is 380. The van der Waals surface area contributed by atoms with E-state index in [0.717, 1.165) is 30.3 Å². The van der Waals surface area contributed by atoms with Gasteiger partial charge in [-0.2, -0.15) is 0 Å². The van der Waals surface area contributed by atoms with Gasteiger partial charge in [0, 0.05) is 18.0 Å². The first-order valence-electron chi connectivity index (χ1n) is 6.68. The Morgan fingerprint density at radius 3 is 2.44 bits per heavy atom. The van der Waals surface area contributed by atoms with Gasteiger partial charge < -0.3 is 10.6 Å². The zero-order chi connectivity index (χ0) is 13.8. The maximum absolute atomic E-state index is 4.66. The van der Waals surface area contributed by atoms with Gasteiger partial charge in [-0.05, 0) is 27.3 Å². The monoisotopic (exact) mass is 250 g/mol. The van der Waals surface area contributed by atoms with Crippen molar-refractivity contribution in [2.24, 2.45) is 0 Å². The molecule has 0 spiro atoms. The van der Waals surface area contributed by atoms with Gasteiger partial charge in [-0.15, -0.1) is 0 Å². The lowest BCUT2D eigenvalue weighted by atomic mass is 10.1. The molecule has 0 atom stereocenters. The third-order valence-electron chi connectivity index (χ3n) is 2.45. The van der Waals surface area contributed by atoms with Crippen molar-refractivity contribution >= 4 is 5.69 Å². The number of nitrogens with zero attached hydrogens (tertiary/aromatic N) is 2. The molecule has 4 heteroatoms. The Balaban J connectivity index is 3.00. The van der Waals surface area contributed by atoms with E-state index in [9.17, 15) is 0 Å². The lowest BCUT2D eigenvalue weighted by molar-refractivity contribution is 0.624. The third-order valence-corrected chi connectivity index (χ3v) is 2.45. The van der Waals surface area contributed by atoms with Crippen LogP contribution in [0.25, 0.3) is 0 Å². The molecule has 0 saturated heterocycles. The van der Waals surface area contributed by atoms with Crippen molar-refractivity contribution in [3.63, 3.8) is 0 Å². The molecule has 1 aromatic heterocycles. The highest BCUT2D eigenvalue weighted by Crippen LogP contribution is 2.19. The van der Waals surface area contributed by atoms with Crippen molar-refractivity contribution in [1.82, 2.24) is 15.3 Å². The van der Waals surface area contributed by atoms with Crippen LogP contribution in [0.5, 0.6) is 0 Å². The standard InChI is InChI=1S/C14H26N4/c1-7-15-8-11-12(18-14(4,5)6)9-16-13(17-11)10(2)3/h9-10,15,18H,7-8H2,1-6H3. The molecule has 0 amide bonds. The molecule has 0 aliphatic carbocycles. The summed E-state index contributed by atoms with van der Waals surface area (Å²) in [7, 11) is 0. The van der Waals surface area contributed by atoms with Crippen molar-refractivity contribution < 1.29 is 0 Å². The number of hydrogen-bond acceptors (Lipinski definition) is 4. The van der Waals surface area contributed by atoms with E-state index in [0.29, 0.717) is 5.92 Å². The minimum Gasteiger partial charge on any atom is -0.378 e. The summed E-state index contributed by atoms with van der Waals surface area (Å²) in [6.45, 7) is 14.5. The fourth-order valence-electron chi connectivity index (χ4n) is 1.60. The van der Waals surface area contributed by atoms with E-state index in [1.165, 1.54) is 0 Å². The molecule has 1 heterocycles. The molecule has 0 fully saturated rings. The van der Waals surface area contributed by atoms with Gasteiger partial charge in [0.25, 0.3) is 0 Å². The highest BCUT2D eigenvalue weighted by atomic mass is 15.0. The van der Waals surface area contributed by atoms with Gasteiger partial charge in [0.2, 0.25) is 0 Å². The van der Waals surface area contributed by atoms with Crippen LogP contribution < -0.4 is 10.6 Å². The molecule has 0 bridgehead atoms. The number of rotatable bonds is 5. The van der Waals surface area contributed by atoms with Crippen molar-refractivity contribution in [3.05, 3.63) is 17.7 Å². The van der Waals surface area contributed by atoms with Crippen LogP contribution in [0.1, 0.15) is 59.0 Å². The van der Waals surface area contributed by atoms with Crippen molar-refractivity contribution in [1.29, 1.82) is 0 Å². The van der Waals surface area contributed by atoms with Crippen LogP contribution >= 0.6 is 0 Å². The summed E-state index contributed by atoms with van der Waals surface area (Å²) in [6.07, 6.45) is 1.90. The molecule has 102 valence electrons. The van der Waals surface area contributed by atoms with Crippen LogP contribution in [0.4, 0.5) is 5.69 Å². The van der Waals surface area contributed by atoms with Crippen molar-refractivity contribution in [2.75, 3.05) is 11.9 Å². The third kappa shape index (κ3) is 4.61. The maximum Gasteiger partial charge on any atom is 0.131 e. The molecule has 0 radical (unpaired) electrons. The van der Waals surface area contributed by atoms with E-state index in [2.05, 4.69) is 62.1 Å². The van der Waals surface area contributed by atoms with E-state index in [4.69, 9.17) is 0 Å². The second kappa shape index (κ2) is 6.14. The lowest BCUT2D eigenvalue weighted by Gasteiger charge is -2.24. The molecule has 1 aromatic rings. The Morgan fingerprint density at radius 1 is 1.28 bits per heavy atom. The Morgan fingerprint density at radius 2 is 1.94 bits per heavy atom. The summed E-state index contributed by atoms with van der Waals surface area (Å²) in [5, 5.41) is 6.79. The van der Waals surface area contributed by atoms with Gasteiger partial charge in [-0.3, -0.25) is 0 Å². The van der Waals surface area contributed by atoms with E-state index in [1.54, 1.807) is 0 Å². The van der Waals surface area contributed by atoms with Gasteiger partial charge in [-0.1, -0.05) is 20.8 Å². The van der Waals surface area contributed by atoms with E-state index in [1.807, 2.05) is 6.20 Å².